The van der Waals surface area contributed by atoms with Crippen molar-refractivity contribution in [3.8, 4) is 0 Å². The maximum absolute atomic E-state index is 12.9. The van der Waals surface area contributed by atoms with Gasteiger partial charge >= 0.3 is 6.18 Å². The van der Waals surface area contributed by atoms with Gasteiger partial charge in [-0.05, 0) is 44.0 Å². The lowest BCUT2D eigenvalue weighted by molar-refractivity contribution is -0.137. The van der Waals surface area contributed by atoms with Crippen molar-refractivity contribution in [1.82, 2.24) is 16.0 Å². The lowest BCUT2D eigenvalue weighted by Gasteiger charge is -2.22. The SMILES string of the molecule is Cl.O=C(CNC(=O)c1ccccc1C(F)(F)F)NCC1CCCNC1. The molecule has 3 N–H and O–H groups in total. The van der Waals surface area contributed by atoms with E-state index in [4.69, 9.17) is 0 Å². The summed E-state index contributed by atoms with van der Waals surface area (Å²) < 4.78 is 38.6. The van der Waals surface area contributed by atoms with E-state index in [2.05, 4.69) is 16.0 Å². The molecule has 0 radical (unpaired) electrons. The van der Waals surface area contributed by atoms with Crippen LogP contribution in [0, 0.1) is 5.92 Å². The number of benzene rings is 1. The monoisotopic (exact) mass is 379 g/mol. The van der Waals surface area contributed by atoms with Gasteiger partial charge in [0.25, 0.3) is 5.91 Å². The number of piperidine rings is 1. The molecule has 1 heterocycles. The van der Waals surface area contributed by atoms with Gasteiger partial charge in [-0.1, -0.05) is 12.1 Å². The number of nitrogens with one attached hydrogen (secondary N) is 3. The van der Waals surface area contributed by atoms with Crippen molar-refractivity contribution < 1.29 is 22.8 Å². The molecule has 25 heavy (non-hydrogen) atoms. The highest BCUT2D eigenvalue weighted by Gasteiger charge is 2.34. The number of hydrogen-bond acceptors (Lipinski definition) is 3. The van der Waals surface area contributed by atoms with Crippen molar-refractivity contribution >= 4 is 24.2 Å². The lowest BCUT2D eigenvalue weighted by atomic mass is 10.00. The second-order valence-corrected chi connectivity index (χ2v) is 5.74. The Kier molecular flexibility index (Phi) is 8.18. The molecule has 1 saturated heterocycles. The van der Waals surface area contributed by atoms with Crippen LogP contribution < -0.4 is 16.0 Å². The van der Waals surface area contributed by atoms with Crippen molar-refractivity contribution in [3.05, 3.63) is 35.4 Å². The second-order valence-electron chi connectivity index (χ2n) is 5.74. The first kappa shape index (κ1) is 21.2. The normalized spacial score (nSPS) is 17.3. The van der Waals surface area contributed by atoms with E-state index in [1.807, 2.05) is 0 Å². The molecule has 1 aliphatic heterocycles. The van der Waals surface area contributed by atoms with Crippen molar-refractivity contribution in [1.29, 1.82) is 0 Å². The quantitative estimate of drug-likeness (QED) is 0.732. The van der Waals surface area contributed by atoms with Crippen LogP contribution in [0.5, 0.6) is 0 Å². The van der Waals surface area contributed by atoms with E-state index in [-0.39, 0.29) is 19.0 Å². The molecule has 1 unspecified atom stereocenters. The van der Waals surface area contributed by atoms with Gasteiger partial charge in [0.15, 0.2) is 0 Å². The summed E-state index contributed by atoms with van der Waals surface area (Å²) in [6, 6.07) is 4.49. The van der Waals surface area contributed by atoms with Crippen molar-refractivity contribution in [2.24, 2.45) is 5.92 Å². The fourth-order valence-corrected chi connectivity index (χ4v) is 2.60. The molecular weight excluding hydrogens is 359 g/mol. The third-order valence-electron chi connectivity index (χ3n) is 3.87. The predicted octanol–water partition coefficient (Wildman–Crippen LogP) is 1.97. The summed E-state index contributed by atoms with van der Waals surface area (Å²) in [7, 11) is 0. The summed E-state index contributed by atoms with van der Waals surface area (Å²) in [6.07, 6.45) is -2.56. The molecule has 1 aliphatic rings. The molecule has 5 nitrogen and oxygen atoms in total. The van der Waals surface area contributed by atoms with E-state index in [1.54, 1.807) is 0 Å². The van der Waals surface area contributed by atoms with Gasteiger partial charge in [-0.3, -0.25) is 9.59 Å². The molecule has 2 amide bonds. The van der Waals surface area contributed by atoms with Crippen LogP contribution in [0.25, 0.3) is 0 Å². The first-order chi connectivity index (χ1) is 11.4. The standard InChI is InChI=1S/C16H20F3N3O2.ClH/c17-16(18,19)13-6-2-1-5-12(13)15(24)22-10-14(23)21-9-11-4-3-7-20-8-11;/h1-2,5-6,11,20H,3-4,7-10H2,(H,21,23)(H,22,24);1H. The summed E-state index contributed by atoms with van der Waals surface area (Å²) in [6.45, 7) is 1.93. The van der Waals surface area contributed by atoms with E-state index in [0.29, 0.717) is 12.5 Å². The zero-order valence-electron chi connectivity index (χ0n) is 13.5. The van der Waals surface area contributed by atoms with Crippen LogP contribution in [0.3, 0.4) is 0 Å². The summed E-state index contributed by atoms with van der Waals surface area (Å²) in [4.78, 5) is 23.7. The fourth-order valence-electron chi connectivity index (χ4n) is 2.60. The Balaban J connectivity index is 0.00000312. The average molecular weight is 380 g/mol. The zero-order valence-corrected chi connectivity index (χ0v) is 14.3. The molecule has 140 valence electrons. The van der Waals surface area contributed by atoms with E-state index in [0.717, 1.165) is 38.1 Å². The maximum atomic E-state index is 12.9. The number of carbonyl (C=O) groups excluding carboxylic acids is 2. The van der Waals surface area contributed by atoms with Crippen LogP contribution in [0.1, 0.15) is 28.8 Å². The Hall–Kier alpha value is -1.80. The summed E-state index contributed by atoms with van der Waals surface area (Å²) in [5.41, 5.74) is -1.51. The number of rotatable bonds is 5. The molecule has 2 rings (SSSR count). The van der Waals surface area contributed by atoms with Crippen LogP contribution in [0.15, 0.2) is 24.3 Å². The van der Waals surface area contributed by atoms with Crippen molar-refractivity contribution in [3.63, 3.8) is 0 Å². The predicted molar refractivity (Wildman–Crippen MR) is 89.6 cm³/mol. The summed E-state index contributed by atoms with van der Waals surface area (Å²) in [5, 5.41) is 8.14. The Morgan fingerprint density at radius 3 is 2.56 bits per heavy atom. The molecule has 0 saturated carbocycles. The van der Waals surface area contributed by atoms with Crippen LogP contribution in [-0.2, 0) is 11.0 Å². The van der Waals surface area contributed by atoms with Crippen molar-refractivity contribution in [2.75, 3.05) is 26.2 Å². The smallest absolute Gasteiger partial charge is 0.354 e. The Morgan fingerprint density at radius 2 is 1.92 bits per heavy atom. The third kappa shape index (κ3) is 6.55. The van der Waals surface area contributed by atoms with Gasteiger partial charge in [-0.15, -0.1) is 12.4 Å². The summed E-state index contributed by atoms with van der Waals surface area (Å²) >= 11 is 0. The first-order valence-electron chi connectivity index (χ1n) is 7.80. The highest BCUT2D eigenvalue weighted by Crippen LogP contribution is 2.31. The van der Waals surface area contributed by atoms with Crippen LogP contribution in [0.2, 0.25) is 0 Å². The van der Waals surface area contributed by atoms with E-state index in [1.165, 1.54) is 12.1 Å². The molecular formula is C16H21ClF3N3O2. The maximum Gasteiger partial charge on any atom is 0.417 e. The van der Waals surface area contributed by atoms with Gasteiger partial charge in [0.2, 0.25) is 5.91 Å². The minimum Gasteiger partial charge on any atom is -0.354 e. The van der Waals surface area contributed by atoms with Gasteiger partial charge < -0.3 is 16.0 Å². The number of halogens is 4. The number of hydrogen-bond donors (Lipinski definition) is 3. The largest absolute Gasteiger partial charge is 0.417 e. The Bertz CT molecular complexity index is 590. The van der Waals surface area contributed by atoms with Gasteiger partial charge in [0.1, 0.15) is 0 Å². The van der Waals surface area contributed by atoms with Gasteiger partial charge in [-0.2, -0.15) is 13.2 Å². The minimum absolute atomic E-state index is 0. The summed E-state index contributed by atoms with van der Waals surface area (Å²) in [5.74, 6) is -1.000. The van der Waals surface area contributed by atoms with E-state index < -0.39 is 29.1 Å². The topological polar surface area (TPSA) is 70.2 Å². The number of amides is 2. The molecule has 0 spiro atoms. The van der Waals surface area contributed by atoms with E-state index in [9.17, 15) is 22.8 Å². The molecule has 1 aromatic rings. The van der Waals surface area contributed by atoms with Crippen molar-refractivity contribution in [2.45, 2.75) is 19.0 Å². The molecule has 0 aromatic heterocycles. The molecule has 9 heteroatoms. The fraction of sp³-hybridized carbons (Fsp3) is 0.500. The zero-order chi connectivity index (χ0) is 17.6. The van der Waals surface area contributed by atoms with Crippen LogP contribution >= 0.6 is 12.4 Å². The molecule has 0 bridgehead atoms. The molecule has 1 atom stereocenters. The molecule has 1 fully saturated rings. The lowest BCUT2D eigenvalue weighted by Crippen LogP contribution is -2.42. The highest BCUT2D eigenvalue weighted by atomic mass is 35.5. The highest BCUT2D eigenvalue weighted by molar-refractivity contribution is 5.97. The molecule has 1 aromatic carbocycles. The Morgan fingerprint density at radius 1 is 1.20 bits per heavy atom. The van der Waals surface area contributed by atoms with E-state index >= 15 is 0 Å². The first-order valence-corrected chi connectivity index (χ1v) is 7.80. The minimum atomic E-state index is -4.62. The molecule has 0 aliphatic carbocycles. The van der Waals surface area contributed by atoms with Gasteiger partial charge in [0, 0.05) is 6.54 Å². The second kappa shape index (κ2) is 9.62. The van der Waals surface area contributed by atoms with Gasteiger partial charge in [0.05, 0.1) is 17.7 Å². The number of carbonyl (C=O) groups is 2. The van der Waals surface area contributed by atoms with Crippen LogP contribution in [-0.4, -0.2) is 38.0 Å². The average Bonchev–Trinajstić information content (AvgIpc) is 2.58. The number of alkyl halides is 3. The van der Waals surface area contributed by atoms with Gasteiger partial charge in [-0.25, -0.2) is 0 Å². The third-order valence-corrected chi connectivity index (χ3v) is 3.87. The van der Waals surface area contributed by atoms with Crippen LogP contribution in [0.4, 0.5) is 13.2 Å². The Labute approximate surface area is 150 Å².